The fraction of sp³-hybridized carbons (Fsp3) is 0.208. The number of hydrogen-bond donors (Lipinski definition) is 1. The summed E-state index contributed by atoms with van der Waals surface area (Å²) in [7, 11) is -3.45. The van der Waals surface area contributed by atoms with Gasteiger partial charge in [-0.1, -0.05) is 24.3 Å². The van der Waals surface area contributed by atoms with Gasteiger partial charge in [-0.3, -0.25) is 4.90 Å². The average molecular weight is 515 g/mol. The van der Waals surface area contributed by atoms with Crippen LogP contribution in [-0.2, 0) is 16.4 Å². The van der Waals surface area contributed by atoms with Gasteiger partial charge in [0.15, 0.2) is 14.9 Å². The first kappa shape index (κ1) is 23.7. The van der Waals surface area contributed by atoms with Gasteiger partial charge in [-0.25, -0.2) is 23.2 Å². The number of hydrogen-bond acceptors (Lipinski definition) is 6. The SMILES string of the molecule is CS(=O)(=O)c1ccc(-c2ccc3nc4n(c3c2)[C@H](c2ccccc2OC(F)F)CN(C(=O)O)C4)cn1. The van der Waals surface area contributed by atoms with Gasteiger partial charge in [-0.15, -0.1) is 0 Å². The molecule has 1 aliphatic rings. The van der Waals surface area contributed by atoms with Gasteiger partial charge >= 0.3 is 12.7 Å². The number of aromatic nitrogens is 3. The number of sulfone groups is 1. The third-order valence-electron chi connectivity index (χ3n) is 6.01. The van der Waals surface area contributed by atoms with Gasteiger partial charge in [-0.2, -0.15) is 8.78 Å². The molecule has 0 saturated heterocycles. The molecule has 2 aromatic carbocycles. The van der Waals surface area contributed by atoms with Crippen molar-refractivity contribution in [2.24, 2.45) is 0 Å². The first-order valence-electron chi connectivity index (χ1n) is 10.8. The highest BCUT2D eigenvalue weighted by Gasteiger charge is 2.33. The van der Waals surface area contributed by atoms with E-state index in [-0.39, 0.29) is 23.9 Å². The number of carbonyl (C=O) groups is 1. The molecule has 0 fully saturated rings. The molecule has 36 heavy (non-hydrogen) atoms. The molecule has 9 nitrogen and oxygen atoms in total. The van der Waals surface area contributed by atoms with Gasteiger partial charge in [-0.05, 0) is 35.9 Å². The Kier molecular flexibility index (Phi) is 5.83. The number of benzene rings is 2. The lowest BCUT2D eigenvalue weighted by Crippen LogP contribution is -2.41. The first-order chi connectivity index (χ1) is 17.1. The van der Waals surface area contributed by atoms with Crippen molar-refractivity contribution in [1.82, 2.24) is 19.4 Å². The second-order valence-electron chi connectivity index (χ2n) is 8.35. The van der Waals surface area contributed by atoms with E-state index in [1.165, 1.54) is 23.2 Å². The summed E-state index contributed by atoms with van der Waals surface area (Å²) in [6.07, 6.45) is 1.39. The largest absolute Gasteiger partial charge is 0.465 e. The van der Waals surface area contributed by atoms with Crippen LogP contribution in [0.4, 0.5) is 13.6 Å². The molecular formula is C24H20F2N4O5S. The molecule has 0 radical (unpaired) electrons. The fourth-order valence-corrected chi connectivity index (χ4v) is 4.98. The zero-order chi connectivity index (χ0) is 25.6. The smallest absolute Gasteiger partial charge is 0.407 e. The Bertz CT molecular complexity index is 1570. The molecule has 1 aliphatic heterocycles. The third-order valence-corrected chi connectivity index (χ3v) is 7.02. The van der Waals surface area contributed by atoms with Gasteiger partial charge in [0, 0.05) is 30.1 Å². The monoisotopic (exact) mass is 514 g/mol. The predicted molar refractivity (Wildman–Crippen MR) is 126 cm³/mol. The van der Waals surface area contributed by atoms with Crippen molar-refractivity contribution in [2.45, 2.75) is 24.2 Å². The van der Waals surface area contributed by atoms with E-state index in [1.54, 1.807) is 36.4 Å². The van der Waals surface area contributed by atoms with Crippen LogP contribution in [0.25, 0.3) is 22.2 Å². The Morgan fingerprint density at radius 2 is 1.89 bits per heavy atom. The third kappa shape index (κ3) is 4.35. The zero-order valence-electron chi connectivity index (χ0n) is 18.9. The van der Waals surface area contributed by atoms with Crippen molar-refractivity contribution in [3.05, 3.63) is 72.2 Å². The molecule has 0 unspecified atom stereocenters. The molecule has 3 heterocycles. The summed E-state index contributed by atoms with van der Waals surface area (Å²) >= 11 is 0. The summed E-state index contributed by atoms with van der Waals surface area (Å²) in [6.45, 7) is -3.01. The van der Waals surface area contributed by atoms with Crippen LogP contribution in [0.2, 0.25) is 0 Å². The van der Waals surface area contributed by atoms with Crippen molar-refractivity contribution in [3.8, 4) is 16.9 Å². The Hall–Kier alpha value is -4.06. The molecule has 0 aliphatic carbocycles. The highest BCUT2D eigenvalue weighted by atomic mass is 32.2. The van der Waals surface area contributed by atoms with Crippen molar-refractivity contribution in [2.75, 3.05) is 12.8 Å². The Morgan fingerprint density at radius 1 is 1.14 bits per heavy atom. The van der Waals surface area contributed by atoms with Crippen LogP contribution in [0.1, 0.15) is 17.4 Å². The normalized spacial score (nSPS) is 15.8. The molecule has 1 amide bonds. The number of para-hydroxylation sites is 1. The van der Waals surface area contributed by atoms with Gasteiger partial charge in [0.25, 0.3) is 0 Å². The molecule has 5 rings (SSSR count). The standard InChI is InChI=1S/C24H20F2N4O5S/c1-36(33,34)22-9-7-15(11-27-22)14-6-8-17-18(10-14)30-19(12-29(24(31)32)13-21(30)28-17)16-4-2-3-5-20(16)35-23(25)26/h2-11,19,23H,12-13H2,1H3,(H,31,32)/t19-/m0/s1. The molecule has 2 aromatic heterocycles. The van der Waals surface area contributed by atoms with E-state index in [1.807, 2.05) is 10.6 Å². The molecular weight excluding hydrogens is 494 g/mol. The van der Waals surface area contributed by atoms with E-state index in [4.69, 9.17) is 4.74 Å². The number of carboxylic acid groups (broad SMARTS) is 1. The lowest BCUT2D eigenvalue weighted by atomic mass is 10.0. The van der Waals surface area contributed by atoms with Crippen LogP contribution in [0.5, 0.6) is 5.75 Å². The maximum absolute atomic E-state index is 13.1. The minimum absolute atomic E-state index is 0.00619. The van der Waals surface area contributed by atoms with Crippen molar-refractivity contribution in [1.29, 1.82) is 0 Å². The van der Waals surface area contributed by atoms with Crippen molar-refractivity contribution < 1.29 is 31.8 Å². The zero-order valence-corrected chi connectivity index (χ0v) is 19.7. The minimum atomic E-state index is -3.45. The summed E-state index contributed by atoms with van der Waals surface area (Å²) in [5.41, 5.74) is 3.06. The van der Waals surface area contributed by atoms with Crippen LogP contribution >= 0.6 is 0 Å². The van der Waals surface area contributed by atoms with Crippen LogP contribution < -0.4 is 4.74 Å². The highest BCUT2D eigenvalue weighted by Crippen LogP contribution is 2.37. The number of rotatable bonds is 5. The second-order valence-corrected chi connectivity index (χ2v) is 10.3. The second kappa shape index (κ2) is 8.86. The summed E-state index contributed by atoms with van der Waals surface area (Å²) in [5.74, 6) is 0.410. The number of imidazole rings is 1. The van der Waals surface area contributed by atoms with E-state index in [0.29, 0.717) is 28.0 Å². The summed E-state index contributed by atoms with van der Waals surface area (Å²) in [6, 6.07) is 14.1. The molecule has 12 heteroatoms. The average Bonchev–Trinajstić information content (AvgIpc) is 3.21. The van der Waals surface area contributed by atoms with E-state index < -0.39 is 28.6 Å². The van der Waals surface area contributed by atoms with E-state index in [9.17, 15) is 27.1 Å². The predicted octanol–water partition coefficient (Wildman–Crippen LogP) is 4.19. The van der Waals surface area contributed by atoms with Crippen LogP contribution in [-0.4, -0.2) is 58.5 Å². The summed E-state index contributed by atoms with van der Waals surface area (Å²) in [5, 5.41) is 9.64. The van der Waals surface area contributed by atoms with E-state index >= 15 is 0 Å². The number of nitrogens with zero attached hydrogens (tertiary/aromatic N) is 4. The number of fused-ring (bicyclic) bond motifs is 3. The van der Waals surface area contributed by atoms with Gasteiger partial charge in [0.2, 0.25) is 0 Å². The molecule has 1 N–H and O–H groups in total. The quantitative estimate of drug-likeness (QED) is 0.425. The molecule has 0 spiro atoms. The summed E-state index contributed by atoms with van der Waals surface area (Å²) < 4.78 is 56.3. The number of alkyl halides is 2. The number of halogens is 2. The topological polar surface area (TPSA) is 115 Å². The first-order valence-corrected chi connectivity index (χ1v) is 12.7. The van der Waals surface area contributed by atoms with Gasteiger partial charge in [0.1, 0.15) is 11.6 Å². The Morgan fingerprint density at radius 3 is 2.56 bits per heavy atom. The van der Waals surface area contributed by atoms with Crippen LogP contribution in [0.3, 0.4) is 0 Å². The van der Waals surface area contributed by atoms with Gasteiger partial charge in [0.05, 0.1) is 23.6 Å². The number of amides is 1. The van der Waals surface area contributed by atoms with Crippen LogP contribution in [0.15, 0.2) is 65.8 Å². The number of pyridine rings is 1. The minimum Gasteiger partial charge on any atom is -0.465 e. The van der Waals surface area contributed by atoms with E-state index in [2.05, 4.69) is 9.97 Å². The maximum atomic E-state index is 13.1. The molecule has 0 bridgehead atoms. The molecule has 1 atom stereocenters. The summed E-state index contributed by atoms with van der Waals surface area (Å²) in [4.78, 5) is 21.7. The number of ether oxygens (including phenoxy) is 1. The lowest BCUT2D eigenvalue weighted by molar-refractivity contribution is -0.0508. The molecule has 4 aromatic rings. The Balaban J connectivity index is 1.66. The fourth-order valence-electron chi connectivity index (χ4n) is 4.42. The van der Waals surface area contributed by atoms with E-state index in [0.717, 1.165) is 11.8 Å². The lowest BCUT2D eigenvalue weighted by Gasteiger charge is -2.34. The molecule has 186 valence electrons. The van der Waals surface area contributed by atoms with Crippen molar-refractivity contribution >= 4 is 27.0 Å². The van der Waals surface area contributed by atoms with Crippen molar-refractivity contribution in [3.63, 3.8) is 0 Å². The van der Waals surface area contributed by atoms with Crippen LogP contribution in [0, 0.1) is 0 Å². The highest BCUT2D eigenvalue weighted by molar-refractivity contribution is 7.90. The van der Waals surface area contributed by atoms with Gasteiger partial charge < -0.3 is 14.4 Å². The molecule has 0 saturated carbocycles. The Labute approximate surface area is 204 Å². The maximum Gasteiger partial charge on any atom is 0.407 e.